The average molecular weight is 462 g/mol. The number of rotatable bonds is 6. The van der Waals surface area contributed by atoms with Crippen molar-refractivity contribution in [2.24, 2.45) is 5.92 Å². The lowest BCUT2D eigenvalue weighted by Crippen LogP contribution is -2.32. The van der Waals surface area contributed by atoms with Crippen molar-refractivity contribution >= 4 is 27.3 Å². The number of benzene rings is 2. The molecule has 0 saturated carbocycles. The highest BCUT2D eigenvalue weighted by Gasteiger charge is 2.35. The van der Waals surface area contributed by atoms with Gasteiger partial charge in [-0.05, 0) is 16.8 Å². The van der Waals surface area contributed by atoms with E-state index in [9.17, 15) is 8.42 Å². The van der Waals surface area contributed by atoms with E-state index in [1.807, 2.05) is 41.1 Å². The fourth-order valence-corrected chi connectivity index (χ4v) is 5.06. The number of nitrogens with zero attached hydrogens (tertiary/aromatic N) is 3. The van der Waals surface area contributed by atoms with Gasteiger partial charge in [0.15, 0.2) is 0 Å². The number of methoxy groups -OCH3 is 1. The third-order valence-electron chi connectivity index (χ3n) is 5.51. The van der Waals surface area contributed by atoms with Crippen LogP contribution in [0.1, 0.15) is 6.04 Å². The third-order valence-corrected chi connectivity index (χ3v) is 7.47. The topological polar surface area (TPSA) is 111 Å². The molecule has 32 heavy (non-hydrogen) atoms. The van der Waals surface area contributed by atoms with E-state index in [1.165, 1.54) is 4.31 Å². The van der Waals surface area contributed by atoms with Crippen LogP contribution >= 0.6 is 0 Å². The van der Waals surface area contributed by atoms with E-state index >= 15 is 0 Å². The Kier molecular flexibility index (Phi) is 7.49. The molecule has 9 nitrogen and oxygen atoms in total. The Morgan fingerprint density at radius 2 is 1.97 bits per heavy atom. The van der Waals surface area contributed by atoms with Gasteiger partial charge >= 0.3 is 0 Å². The van der Waals surface area contributed by atoms with Gasteiger partial charge in [0.05, 0.1) is 37.7 Å². The summed E-state index contributed by atoms with van der Waals surface area (Å²) < 4.78 is 39.6. The van der Waals surface area contributed by atoms with Gasteiger partial charge in [-0.1, -0.05) is 30.3 Å². The third kappa shape index (κ3) is 4.77. The molecule has 0 bridgehead atoms. The molecule has 10 heteroatoms. The molecule has 2 atom stereocenters. The molecule has 2 heterocycles. The second-order valence-electron chi connectivity index (χ2n) is 7.55. The zero-order valence-corrected chi connectivity index (χ0v) is 19.0. The molecule has 0 radical (unpaired) electrons. The van der Waals surface area contributed by atoms with E-state index in [4.69, 9.17) is 19.4 Å². The van der Waals surface area contributed by atoms with Crippen LogP contribution in [-0.2, 0) is 19.6 Å². The standard InChI is InChI=1S/C21H25N3O4S.CH2O2/c1-23(2)29(25,26)14-16-12-28-13-18(16)24-11-10-22-21(24)20-17-7-5-4-6-15(17)8-9-19(20)27-3;2-1-3/h4-11,16,18H,12-14H2,1-3H3;1H,(H,2,3)/t16-,18+;/m0./s1. The molecular formula is C22H27N3O6S. The number of carboxylic acid groups (broad SMARTS) is 1. The predicted molar refractivity (Wildman–Crippen MR) is 121 cm³/mol. The van der Waals surface area contributed by atoms with Gasteiger partial charge in [0.25, 0.3) is 6.47 Å². The van der Waals surface area contributed by atoms with Gasteiger partial charge in [0.1, 0.15) is 11.6 Å². The number of ether oxygens (including phenoxy) is 2. The maximum Gasteiger partial charge on any atom is 0.290 e. The summed E-state index contributed by atoms with van der Waals surface area (Å²) in [6.45, 7) is 0.603. The lowest BCUT2D eigenvalue weighted by Gasteiger charge is -2.23. The number of hydrogen-bond acceptors (Lipinski definition) is 6. The highest BCUT2D eigenvalue weighted by molar-refractivity contribution is 7.89. The fourth-order valence-electron chi connectivity index (χ4n) is 3.90. The zero-order valence-electron chi connectivity index (χ0n) is 18.2. The number of aromatic nitrogens is 2. The van der Waals surface area contributed by atoms with Gasteiger partial charge < -0.3 is 19.1 Å². The number of carbonyl (C=O) groups is 1. The van der Waals surface area contributed by atoms with E-state index in [1.54, 1.807) is 27.4 Å². The Hall–Kier alpha value is -2.95. The molecule has 1 aliphatic heterocycles. The SMILES string of the molecule is COc1ccc2ccccc2c1-c1nccn1[C@@H]1COC[C@H]1CS(=O)(=O)N(C)C.O=CO. The second kappa shape index (κ2) is 10.1. The Balaban J connectivity index is 0.000000913. The summed E-state index contributed by atoms with van der Waals surface area (Å²) in [5.74, 6) is 1.36. The van der Waals surface area contributed by atoms with Gasteiger partial charge in [-0.3, -0.25) is 4.79 Å². The smallest absolute Gasteiger partial charge is 0.290 e. The van der Waals surface area contributed by atoms with Gasteiger partial charge in [0.2, 0.25) is 10.0 Å². The van der Waals surface area contributed by atoms with E-state index in [-0.39, 0.29) is 24.2 Å². The molecule has 172 valence electrons. The molecule has 3 aromatic rings. The summed E-state index contributed by atoms with van der Waals surface area (Å²) >= 11 is 0. The molecule has 0 amide bonds. The zero-order chi connectivity index (χ0) is 23.3. The van der Waals surface area contributed by atoms with Gasteiger partial charge in [0, 0.05) is 32.4 Å². The van der Waals surface area contributed by atoms with Crippen molar-refractivity contribution in [3.63, 3.8) is 0 Å². The monoisotopic (exact) mass is 461 g/mol. The molecule has 1 aliphatic rings. The lowest BCUT2D eigenvalue weighted by atomic mass is 10.0. The second-order valence-corrected chi connectivity index (χ2v) is 9.78. The van der Waals surface area contributed by atoms with Crippen LogP contribution in [0.3, 0.4) is 0 Å². The van der Waals surface area contributed by atoms with Crippen molar-refractivity contribution < 1.29 is 27.8 Å². The van der Waals surface area contributed by atoms with Crippen LogP contribution in [0, 0.1) is 5.92 Å². The minimum Gasteiger partial charge on any atom is -0.496 e. The van der Waals surface area contributed by atoms with E-state index in [2.05, 4.69) is 11.1 Å². The first kappa shape index (κ1) is 23.7. The van der Waals surface area contributed by atoms with Gasteiger partial charge in [-0.2, -0.15) is 0 Å². The van der Waals surface area contributed by atoms with Crippen LogP contribution < -0.4 is 4.74 Å². The minimum absolute atomic E-state index is 0.0367. The van der Waals surface area contributed by atoms with E-state index in [0.29, 0.717) is 13.2 Å². The molecule has 0 spiro atoms. The normalized spacial score (nSPS) is 18.4. The van der Waals surface area contributed by atoms with E-state index < -0.39 is 10.0 Å². The number of hydrogen-bond donors (Lipinski definition) is 1. The first-order valence-corrected chi connectivity index (χ1v) is 11.6. The summed E-state index contributed by atoms with van der Waals surface area (Å²) in [4.78, 5) is 13.0. The van der Waals surface area contributed by atoms with Crippen molar-refractivity contribution in [3.8, 4) is 17.1 Å². The Morgan fingerprint density at radius 3 is 2.66 bits per heavy atom. The lowest BCUT2D eigenvalue weighted by molar-refractivity contribution is -0.122. The molecule has 1 saturated heterocycles. The predicted octanol–water partition coefficient (Wildman–Crippen LogP) is 2.49. The number of imidazole rings is 1. The van der Waals surface area contributed by atoms with E-state index in [0.717, 1.165) is 27.9 Å². The van der Waals surface area contributed by atoms with Crippen LogP contribution in [0.4, 0.5) is 0 Å². The number of fused-ring (bicyclic) bond motifs is 1. The molecule has 0 unspecified atom stereocenters. The van der Waals surface area contributed by atoms with Crippen molar-refractivity contribution in [1.82, 2.24) is 13.9 Å². The first-order valence-electron chi connectivity index (χ1n) is 9.98. The molecule has 1 aromatic heterocycles. The van der Waals surface area contributed by atoms with Gasteiger partial charge in [-0.25, -0.2) is 17.7 Å². The highest BCUT2D eigenvalue weighted by atomic mass is 32.2. The van der Waals surface area contributed by atoms with Crippen molar-refractivity contribution in [2.75, 3.05) is 40.2 Å². The molecule has 2 aromatic carbocycles. The van der Waals surface area contributed by atoms with Crippen molar-refractivity contribution in [1.29, 1.82) is 0 Å². The Bertz CT molecular complexity index is 1180. The van der Waals surface area contributed by atoms with Crippen LogP contribution in [-0.4, -0.2) is 74.0 Å². The molecular weight excluding hydrogens is 434 g/mol. The molecule has 1 N–H and O–H groups in total. The van der Waals surface area contributed by atoms with Crippen LogP contribution in [0.5, 0.6) is 5.75 Å². The van der Waals surface area contributed by atoms with Crippen molar-refractivity contribution in [2.45, 2.75) is 6.04 Å². The number of sulfonamides is 1. The largest absolute Gasteiger partial charge is 0.496 e. The van der Waals surface area contributed by atoms with Crippen LogP contribution in [0.25, 0.3) is 22.2 Å². The Morgan fingerprint density at radius 1 is 1.25 bits per heavy atom. The molecule has 1 fully saturated rings. The highest BCUT2D eigenvalue weighted by Crippen LogP contribution is 2.39. The summed E-state index contributed by atoms with van der Waals surface area (Å²) in [6, 6.07) is 11.9. The maximum absolute atomic E-state index is 12.5. The maximum atomic E-state index is 12.5. The summed E-state index contributed by atoms with van der Waals surface area (Å²) in [5.41, 5.74) is 0.900. The summed E-state index contributed by atoms with van der Waals surface area (Å²) in [7, 11) is 1.43. The minimum atomic E-state index is -3.34. The van der Waals surface area contributed by atoms with Crippen LogP contribution in [0.2, 0.25) is 0 Å². The average Bonchev–Trinajstić information content (AvgIpc) is 3.42. The summed E-state index contributed by atoms with van der Waals surface area (Å²) in [5, 5.41) is 9.02. The van der Waals surface area contributed by atoms with Crippen molar-refractivity contribution in [3.05, 3.63) is 48.8 Å². The molecule has 4 rings (SSSR count). The quantitative estimate of drug-likeness (QED) is 0.562. The summed E-state index contributed by atoms with van der Waals surface area (Å²) in [6.07, 6.45) is 3.64. The molecule has 0 aliphatic carbocycles. The van der Waals surface area contributed by atoms with Gasteiger partial charge in [-0.15, -0.1) is 0 Å². The fraction of sp³-hybridized carbons (Fsp3) is 0.364. The Labute approximate surface area is 187 Å². The van der Waals surface area contributed by atoms with Crippen LogP contribution in [0.15, 0.2) is 48.8 Å². The first-order chi connectivity index (χ1) is 15.3.